The molecule has 0 bridgehead atoms. The fourth-order valence-corrected chi connectivity index (χ4v) is 2.98. The first-order chi connectivity index (χ1) is 14.0. The van der Waals surface area contributed by atoms with E-state index in [0.717, 1.165) is 11.1 Å². The van der Waals surface area contributed by atoms with Crippen LogP contribution in [0, 0.1) is 13.8 Å². The number of nitrogens with one attached hydrogen (secondary N) is 1. The summed E-state index contributed by atoms with van der Waals surface area (Å²) in [6, 6.07) is 4.92. The van der Waals surface area contributed by atoms with Gasteiger partial charge in [-0.05, 0) is 50.5 Å². The maximum Gasteiger partial charge on any atom is 0.318 e. The third kappa shape index (κ3) is 5.21. The summed E-state index contributed by atoms with van der Waals surface area (Å²) in [6.07, 6.45) is -2.73. The number of ketones is 1. The zero-order chi connectivity index (χ0) is 22.6. The first kappa shape index (κ1) is 23.5. The van der Waals surface area contributed by atoms with Crippen LogP contribution in [0.25, 0.3) is 5.70 Å². The molecule has 0 saturated carbocycles. The molecule has 1 aromatic rings. The standard InChI is InChI=1S/C21H29F2N5O2/c1-12-5-6-14(9-13(12)2)18(25)17(16(29)10-24)15-11-28(8-7-26-15)20(30)27-21(3,4)19(22)23/h5-6,9,19H,7-8,10-11,24-25H2,1-4H3,(H,27,30). The van der Waals surface area contributed by atoms with Gasteiger partial charge in [0.15, 0.2) is 5.78 Å². The summed E-state index contributed by atoms with van der Waals surface area (Å²) in [5.41, 5.74) is 13.7. The van der Waals surface area contributed by atoms with E-state index in [1.54, 1.807) is 6.07 Å². The lowest BCUT2D eigenvalue weighted by molar-refractivity contribution is -0.113. The van der Waals surface area contributed by atoms with Gasteiger partial charge in [-0.1, -0.05) is 12.1 Å². The smallest absolute Gasteiger partial charge is 0.318 e. The van der Waals surface area contributed by atoms with Gasteiger partial charge in [-0.15, -0.1) is 0 Å². The zero-order valence-electron chi connectivity index (χ0n) is 17.8. The third-order valence-electron chi connectivity index (χ3n) is 5.12. The topological polar surface area (TPSA) is 114 Å². The number of amides is 2. The zero-order valence-corrected chi connectivity index (χ0v) is 17.8. The SMILES string of the molecule is Cc1ccc(C(N)=C(C(=O)CN)C2=NCCN(C(=O)NC(C)(C)C(F)F)C2)cc1C. The lowest BCUT2D eigenvalue weighted by Gasteiger charge is -2.32. The van der Waals surface area contributed by atoms with E-state index in [2.05, 4.69) is 10.3 Å². The normalized spacial score (nSPS) is 15.6. The van der Waals surface area contributed by atoms with Crippen molar-refractivity contribution in [1.29, 1.82) is 0 Å². The summed E-state index contributed by atoms with van der Waals surface area (Å²) in [5, 5.41) is 2.33. The molecular weight excluding hydrogens is 392 g/mol. The van der Waals surface area contributed by atoms with Crippen molar-refractivity contribution < 1.29 is 18.4 Å². The average Bonchev–Trinajstić information content (AvgIpc) is 2.69. The first-order valence-electron chi connectivity index (χ1n) is 9.67. The molecule has 0 atom stereocenters. The number of Topliss-reactive ketones (excluding diaryl/α,β-unsaturated/α-hetero) is 1. The molecule has 1 aliphatic rings. The van der Waals surface area contributed by atoms with E-state index in [0.29, 0.717) is 11.3 Å². The van der Waals surface area contributed by atoms with Crippen LogP contribution in [0.5, 0.6) is 0 Å². The first-order valence-corrected chi connectivity index (χ1v) is 9.67. The number of alkyl halides is 2. The molecule has 1 heterocycles. The van der Waals surface area contributed by atoms with Gasteiger partial charge in [0, 0.05) is 6.54 Å². The van der Waals surface area contributed by atoms with Crippen molar-refractivity contribution in [2.75, 3.05) is 26.2 Å². The number of aryl methyl sites for hydroxylation is 2. The molecule has 30 heavy (non-hydrogen) atoms. The van der Waals surface area contributed by atoms with Crippen LogP contribution in [0.15, 0.2) is 28.8 Å². The molecule has 0 saturated heterocycles. The van der Waals surface area contributed by atoms with Gasteiger partial charge in [0.25, 0.3) is 6.43 Å². The summed E-state index contributed by atoms with van der Waals surface area (Å²) < 4.78 is 26.2. The number of aliphatic imine (C=N–C) groups is 1. The number of nitrogens with zero attached hydrogens (tertiary/aromatic N) is 2. The molecule has 5 N–H and O–H groups in total. The molecule has 0 fully saturated rings. The van der Waals surface area contributed by atoms with Crippen molar-refractivity contribution in [2.24, 2.45) is 16.5 Å². The summed E-state index contributed by atoms with van der Waals surface area (Å²) in [6.45, 7) is 6.55. The van der Waals surface area contributed by atoms with E-state index >= 15 is 0 Å². The van der Waals surface area contributed by atoms with E-state index in [4.69, 9.17) is 11.5 Å². The Bertz CT molecular complexity index is 893. The van der Waals surface area contributed by atoms with Crippen LogP contribution in [0.2, 0.25) is 0 Å². The van der Waals surface area contributed by atoms with Crippen LogP contribution in [-0.4, -0.2) is 60.6 Å². The van der Waals surface area contributed by atoms with Gasteiger partial charge in [0.05, 0.1) is 42.2 Å². The van der Waals surface area contributed by atoms with Crippen molar-refractivity contribution in [1.82, 2.24) is 10.2 Å². The maximum absolute atomic E-state index is 13.1. The molecule has 1 aliphatic heterocycles. The maximum atomic E-state index is 13.1. The Kier molecular flexibility index (Phi) is 7.30. The molecule has 1 aromatic carbocycles. The summed E-state index contributed by atoms with van der Waals surface area (Å²) in [4.78, 5) is 30.8. The van der Waals surface area contributed by atoms with Gasteiger partial charge >= 0.3 is 6.03 Å². The van der Waals surface area contributed by atoms with Crippen molar-refractivity contribution in [3.05, 3.63) is 40.5 Å². The van der Waals surface area contributed by atoms with E-state index < -0.39 is 23.8 Å². The highest BCUT2D eigenvalue weighted by molar-refractivity contribution is 6.28. The number of urea groups is 1. The van der Waals surface area contributed by atoms with Gasteiger partial charge in [-0.25, -0.2) is 13.6 Å². The number of carbonyl (C=O) groups is 2. The lowest BCUT2D eigenvalue weighted by Crippen LogP contribution is -2.56. The fraction of sp³-hybridized carbons (Fsp3) is 0.476. The number of hydrogen-bond acceptors (Lipinski definition) is 5. The van der Waals surface area contributed by atoms with Gasteiger partial charge in [-0.3, -0.25) is 9.79 Å². The van der Waals surface area contributed by atoms with Crippen molar-refractivity contribution in [3.8, 4) is 0 Å². The highest BCUT2D eigenvalue weighted by Gasteiger charge is 2.34. The Balaban J connectivity index is 2.36. The molecule has 0 radical (unpaired) electrons. The third-order valence-corrected chi connectivity index (χ3v) is 5.12. The minimum atomic E-state index is -2.73. The molecular formula is C21H29F2N5O2. The Morgan fingerprint density at radius 2 is 1.93 bits per heavy atom. The number of nitrogens with two attached hydrogens (primary N) is 2. The number of benzene rings is 1. The summed E-state index contributed by atoms with van der Waals surface area (Å²) in [7, 11) is 0. The molecule has 7 nitrogen and oxygen atoms in total. The van der Waals surface area contributed by atoms with E-state index in [9.17, 15) is 18.4 Å². The molecule has 0 aliphatic carbocycles. The molecule has 0 aromatic heterocycles. The second-order valence-corrected chi connectivity index (χ2v) is 7.92. The Morgan fingerprint density at radius 3 is 2.50 bits per heavy atom. The van der Waals surface area contributed by atoms with Gasteiger partial charge in [0.1, 0.15) is 0 Å². The van der Waals surface area contributed by atoms with Crippen LogP contribution in [0.3, 0.4) is 0 Å². The Hall–Kier alpha value is -2.81. The van der Waals surface area contributed by atoms with E-state index in [1.165, 1.54) is 18.7 Å². The van der Waals surface area contributed by atoms with E-state index in [1.807, 2.05) is 26.0 Å². The van der Waals surface area contributed by atoms with Crippen LogP contribution in [-0.2, 0) is 4.79 Å². The number of halogens is 2. The molecule has 164 valence electrons. The largest absolute Gasteiger partial charge is 0.398 e. The van der Waals surface area contributed by atoms with Crippen molar-refractivity contribution in [3.63, 3.8) is 0 Å². The average molecular weight is 421 g/mol. The quantitative estimate of drug-likeness (QED) is 0.610. The Morgan fingerprint density at radius 1 is 1.27 bits per heavy atom. The number of rotatable bonds is 6. The summed E-state index contributed by atoms with van der Waals surface area (Å²) in [5.74, 6) is -0.403. The fourth-order valence-electron chi connectivity index (χ4n) is 2.98. The van der Waals surface area contributed by atoms with Crippen molar-refractivity contribution in [2.45, 2.75) is 39.7 Å². The highest BCUT2D eigenvalue weighted by atomic mass is 19.3. The molecule has 0 unspecified atom stereocenters. The van der Waals surface area contributed by atoms with Crippen LogP contribution in [0.1, 0.15) is 30.5 Å². The second-order valence-electron chi connectivity index (χ2n) is 7.92. The molecule has 0 spiro atoms. The van der Waals surface area contributed by atoms with Crippen LogP contribution in [0.4, 0.5) is 13.6 Å². The molecule has 2 amide bonds. The summed E-state index contributed by atoms with van der Waals surface area (Å²) >= 11 is 0. The Labute approximate surface area is 175 Å². The number of hydrogen-bond donors (Lipinski definition) is 3. The minimum Gasteiger partial charge on any atom is -0.398 e. The highest BCUT2D eigenvalue weighted by Crippen LogP contribution is 2.21. The van der Waals surface area contributed by atoms with Gasteiger partial charge in [0.2, 0.25) is 0 Å². The molecule has 9 heteroatoms. The van der Waals surface area contributed by atoms with Crippen LogP contribution < -0.4 is 16.8 Å². The lowest BCUT2D eigenvalue weighted by atomic mass is 9.96. The van der Waals surface area contributed by atoms with Crippen molar-refractivity contribution >= 4 is 23.2 Å². The monoisotopic (exact) mass is 421 g/mol. The minimum absolute atomic E-state index is 0.0300. The second kappa shape index (κ2) is 9.34. The van der Waals surface area contributed by atoms with E-state index in [-0.39, 0.29) is 37.4 Å². The predicted octanol–water partition coefficient (Wildman–Crippen LogP) is 2.01. The number of carbonyl (C=O) groups excluding carboxylic acids is 2. The van der Waals surface area contributed by atoms with Gasteiger partial charge < -0.3 is 21.7 Å². The van der Waals surface area contributed by atoms with Gasteiger partial charge in [-0.2, -0.15) is 0 Å². The van der Waals surface area contributed by atoms with Crippen LogP contribution >= 0.6 is 0 Å². The predicted molar refractivity (Wildman–Crippen MR) is 114 cm³/mol. The molecule has 2 rings (SSSR count).